The zero-order chi connectivity index (χ0) is 17.7. The van der Waals surface area contributed by atoms with Crippen molar-refractivity contribution in [2.75, 3.05) is 0 Å². The maximum absolute atomic E-state index is 4.77. The monoisotopic (exact) mass is 356 g/mol. The minimum Gasteiger partial charge on any atom is -0.221 e. The van der Waals surface area contributed by atoms with Crippen LogP contribution < -0.4 is 16.3 Å². The van der Waals surface area contributed by atoms with Crippen molar-refractivity contribution < 1.29 is 0 Å². The van der Waals surface area contributed by atoms with E-state index in [-0.39, 0.29) is 0 Å². The first kappa shape index (κ1) is 16.6. The Balaban J connectivity index is 2.00. The van der Waals surface area contributed by atoms with Gasteiger partial charge < -0.3 is 0 Å². The van der Waals surface area contributed by atoms with Gasteiger partial charge in [-0.2, -0.15) is 0 Å². The van der Waals surface area contributed by atoms with E-state index in [1.807, 2.05) is 61.1 Å². The minimum absolute atomic E-state index is 0.846. The Morgan fingerprint density at radius 3 is 1.31 bits per heavy atom. The molecule has 4 heteroatoms. The fourth-order valence-corrected chi connectivity index (χ4v) is 6.95. The summed E-state index contributed by atoms with van der Waals surface area (Å²) in [6, 6.07) is 28.9. The molecular weight excluding hydrogens is 337 g/mol. The first-order chi connectivity index (χ1) is 12.9. The van der Waals surface area contributed by atoms with Gasteiger partial charge in [-0.05, 0) is 23.8 Å². The lowest BCUT2D eigenvalue weighted by Crippen LogP contribution is -2.36. The van der Waals surface area contributed by atoms with E-state index < -0.39 is 7.26 Å². The third kappa shape index (κ3) is 3.14. The van der Waals surface area contributed by atoms with E-state index in [1.165, 1.54) is 5.56 Å². The average molecular weight is 356 g/mol. The third-order valence-corrected chi connectivity index (χ3v) is 8.36. The second-order valence-electron chi connectivity index (χ2n) is 6.02. The molecule has 0 saturated heterocycles. The van der Waals surface area contributed by atoms with Gasteiger partial charge in [-0.3, -0.25) is 0 Å². The van der Waals surface area contributed by atoms with E-state index in [2.05, 4.69) is 42.5 Å². The summed E-state index contributed by atoms with van der Waals surface area (Å²) >= 11 is 0. The van der Waals surface area contributed by atoms with Gasteiger partial charge in [0.25, 0.3) is 0 Å². The van der Waals surface area contributed by atoms with E-state index in [0.717, 1.165) is 22.5 Å². The molecule has 0 saturated carbocycles. The van der Waals surface area contributed by atoms with Crippen LogP contribution in [0.15, 0.2) is 104 Å². The van der Waals surface area contributed by atoms with Crippen LogP contribution in [0.25, 0.3) is 0 Å². The summed E-state index contributed by atoms with van der Waals surface area (Å²) in [6.07, 6.45) is 6.43. The van der Waals surface area contributed by atoms with Gasteiger partial charge in [-0.1, -0.05) is 48.5 Å². The molecule has 3 aromatic heterocycles. The highest BCUT2D eigenvalue weighted by Crippen LogP contribution is 2.56. The molecule has 0 aliphatic heterocycles. The van der Waals surface area contributed by atoms with Gasteiger partial charge in [0.05, 0.1) is 0 Å². The average Bonchev–Trinajstić information content (AvgIpc) is 2.75. The van der Waals surface area contributed by atoms with Gasteiger partial charge >= 0.3 is 0 Å². The molecule has 4 rings (SSSR count). The summed E-state index contributed by atoms with van der Waals surface area (Å²) in [5.41, 5.74) is 4.44. The summed E-state index contributed by atoms with van der Waals surface area (Å²) in [4.78, 5) is 14.3. The molecule has 0 bridgehead atoms. The number of aromatic nitrogens is 3. The zero-order valence-corrected chi connectivity index (χ0v) is 15.2. The van der Waals surface area contributed by atoms with Crippen LogP contribution in [-0.2, 0) is 6.16 Å². The molecule has 1 aromatic carbocycles. The minimum atomic E-state index is -2.11. The van der Waals surface area contributed by atoms with Crippen LogP contribution in [0.5, 0.6) is 0 Å². The number of rotatable bonds is 5. The molecule has 0 aliphatic rings. The van der Waals surface area contributed by atoms with Crippen molar-refractivity contribution in [3.63, 3.8) is 0 Å². The van der Waals surface area contributed by atoms with Crippen LogP contribution in [0, 0.1) is 0 Å². The number of nitrogens with zero attached hydrogens (tertiary/aromatic N) is 3. The van der Waals surface area contributed by atoms with E-state index >= 15 is 0 Å². The van der Waals surface area contributed by atoms with E-state index in [1.54, 1.807) is 0 Å². The molecule has 4 aromatic rings. The molecule has 0 unspecified atom stereocenters. The van der Waals surface area contributed by atoms with E-state index in [9.17, 15) is 0 Å². The number of pyridine rings is 3. The summed E-state index contributed by atoms with van der Waals surface area (Å²) in [7, 11) is -2.11. The SMILES string of the molecule is c1ccc(C[P+](c2ccccn2)(c2ccccn2)c2ccccn2)cc1. The number of hydrogen-bond donors (Lipinski definition) is 0. The van der Waals surface area contributed by atoms with Gasteiger partial charge in [0.15, 0.2) is 23.6 Å². The highest BCUT2D eigenvalue weighted by atomic mass is 31.2. The molecular formula is C22H19N3P+. The van der Waals surface area contributed by atoms with Gasteiger partial charge in [-0.25, -0.2) is 15.0 Å². The third-order valence-electron chi connectivity index (χ3n) is 4.38. The molecule has 3 nitrogen and oxygen atoms in total. The molecule has 0 spiro atoms. The first-order valence-corrected chi connectivity index (χ1v) is 10.5. The Bertz CT molecular complexity index is 849. The lowest BCUT2D eigenvalue weighted by Gasteiger charge is -2.24. The second-order valence-corrected chi connectivity index (χ2v) is 9.33. The fraction of sp³-hybridized carbons (Fsp3) is 0.0455. The lowest BCUT2D eigenvalue weighted by molar-refractivity contribution is 1.30. The van der Waals surface area contributed by atoms with Crippen LogP contribution in [0.4, 0.5) is 0 Å². The van der Waals surface area contributed by atoms with Crippen LogP contribution in [-0.4, -0.2) is 15.0 Å². The first-order valence-electron chi connectivity index (χ1n) is 8.56. The number of benzene rings is 1. The number of hydrogen-bond acceptors (Lipinski definition) is 3. The van der Waals surface area contributed by atoms with Crippen molar-refractivity contribution in [1.29, 1.82) is 0 Å². The Morgan fingerprint density at radius 1 is 0.500 bits per heavy atom. The van der Waals surface area contributed by atoms with Crippen LogP contribution in [0.1, 0.15) is 5.56 Å². The summed E-state index contributed by atoms with van der Waals surface area (Å²) in [5.74, 6) is 0. The normalized spacial score (nSPS) is 11.2. The Hall–Kier alpha value is -2.90. The van der Waals surface area contributed by atoms with Crippen molar-refractivity contribution in [1.82, 2.24) is 15.0 Å². The molecule has 0 N–H and O–H groups in total. The topological polar surface area (TPSA) is 38.7 Å². The molecule has 0 amide bonds. The predicted octanol–water partition coefficient (Wildman–Crippen LogP) is 3.37. The maximum Gasteiger partial charge on any atom is 0.196 e. The van der Waals surface area contributed by atoms with Gasteiger partial charge in [-0.15, -0.1) is 0 Å². The Morgan fingerprint density at radius 2 is 0.923 bits per heavy atom. The van der Waals surface area contributed by atoms with Crippen molar-refractivity contribution >= 4 is 23.6 Å². The molecule has 26 heavy (non-hydrogen) atoms. The largest absolute Gasteiger partial charge is 0.221 e. The van der Waals surface area contributed by atoms with Crippen LogP contribution >= 0.6 is 7.26 Å². The fourth-order valence-electron chi connectivity index (χ4n) is 3.19. The molecule has 126 valence electrons. The maximum atomic E-state index is 4.77. The quantitative estimate of drug-likeness (QED) is 0.515. The van der Waals surface area contributed by atoms with Crippen molar-refractivity contribution in [2.45, 2.75) is 6.16 Å². The Labute approximate surface area is 154 Å². The molecule has 0 radical (unpaired) electrons. The van der Waals surface area contributed by atoms with E-state index in [0.29, 0.717) is 0 Å². The summed E-state index contributed by atoms with van der Waals surface area (Å²) < 4.78 is 0. The lowest BCUT2D eigenvalue weighted by atomic mass is 10.2. The second kappa shape index (κ2) is 7.55. The summed E-state index contributed by atoms with van der Waals surface area (Å²) in [6.45, 7) is 0. The highest BCUT2D eigenvalue weighted by molar-refractivity contribution is 7.94. The molecule has 0 aliphatic carbocycles. The van der Waals surface area contributed by atoms with Gasteiger partial charge in [0.1, 0.15) is 6.16 Å². The van der Waals surface area contributed by atoms with E-state index in [4.69, 9.17) is 15.0 Å². The Kier molecular flexibility index (Phi) is 4.81. The molecule has 0 atom stereocenters. The standard InChI is InChI=1S/C22H19N3P/c1-2-10-19(11-3-1)18-26(20-12-4-7-15-23-20,21-13-5-8-16-24-21)22-14-6-9-17-25-22/h1-17H,18H2/q+1. The van der Waals surface area contributed by atoms with Gasteiger partial charge in [0.2, 0.25) is 0 Å². The smallest absolute Gasteiger partial charge is 0.196 e. The predicted molar refractivity (Wildman–Crippen MR) is 109 cm³/mol. The highest BCUT2D eigenvalue weighted by Gasteiger charge is 2.49. The van der Waals surface area contributed by atoms with Crippen molar-refractivity contribution in [2.24, 2.45) is 0 Å². The summed E-state index contributed by atoms with van der Waals surface area (Å²) in [5, 5.41) is 0. The molecule has 0 fully saturated rings. The zero-order valence-electron chi connectivity index (χ0n) is 14.3. The molecule has 3 heterocycles. The van der Waals surface area contributed by atoms with Gasteiger partial charge in [0, 0.05) is 36.8 Å². The van der Waals surface area contributed by atoms with Crippen molar-refractivity contribution in [3.05, 3.63) is 109 Å². The van der Waals surface area contributed by atoms with Crippen molar-refractivity contribution in [3.8, 4) is 0 Å². The van der Waals surface area contributed by atoms with Crippen LogP contribution in [0.2, 0.25) is 0 Å². The van der Waals surface area contributed by atoms with Crippen LogP contribution in [0.3, 0.4) is 0 Å².